The van der Waals surface area contributed by atoms with Gasteiger partial charge in [0.05, 0.1) is 5.56 Å². The lowest BCUT2D eigenvalue weighted by atomic mass is 9.78. The largest absolute Gasteiger partial charge is 0.478 e. The summed E-state index contributed by atoms with van der Waals surface area (Å²) in [5.41, 5.74) is 1.00. The van der Waals surface area contributed by atoms with Gasteiger partial charge in [-0.05, 0) is 38.3 Å². The van der Waals surface area contributed by atoms with Gasteiger partial charge in [-0.15, -0.1) is 0 Å². The predicted octanol–water partition coefficient (Wildman–Crippen LogP) is 3.43. The van der Waals surface area contributed by atoms with Crippen LogP contribution in [-0.2, 0) is 5.41 Å². The highest BCUT2D eigenvalue weighted by atomic mass is 16.4. The van der Waals surface area contributed by atoms with Crippen LogP contribution in [0.5, 0.6) is 0 Å². The van der Waals surface area contributed by atoms with Crippen LogP contribution in [0.2, 0.25) is 0 Å². The van der Waals surface area contributed by atoms with Gasteiger partial charge in [-0.1, -0.05) is 20.8 Å². The van der Waals surface area contributed by atoms with Crippen LogP contribution in [0.4, 0.5) is 5.82 Å². The zero-order chi connectivity index (χ0) is 14.3. The molecule has 4 nitrogen and oxygen atoms in total. The molecule has 0 unspecified atom stereocenters. The maximum atomic E-state index is 11.2. The van der Waals surface area contributed by atoms with E-state index in [4.69, 9.17) is 0 Å². The summed E-state index contributed by atoms with van der Waals surface area (Å²) in [6.07, 6.45) is 3.43. The van der Waals surface area contributed by atoms with Gasteiger partial charge in [0.25, 0.3) is 0 Å². The highest BCUT2D eigenvalue weighted by Crippen LogP contribution is 2.35. The minimum absolute atomic E-state index is 0.0687. The van der Waals surface area contributed by atoms with Crippen molar-refractivity contribution in [1.29, 1.82) is 0 Å². The first kappa shape index (κ1) is 13.8. The van der Waals surface area contributed by atoms with Crippen LogP contribution in [0.25, 0.3) is 0 Å². The van der Waals surface area contributed by atoms with E-state index in [-0.39, 0.29) is 11.0 Å². The van der Waals surface area contributed by atoms with Crippen LogP contribution in [0.3, 0.4) is 0 Å². The minimum atomic E-state index is -0.908. The van der Waals surface area contributed by atoms with Gasteiger partial charge in [0, 0.05) is 16.6 Å². The van der Waals surface area contributed by atoms with Crippen molar-refractivity contribution in [2.24, 2.45) is 0 Å². The van der Waals surface area contributed by atoms with Gasteiger partial charge in [0.1, 0.15) is 5.82 Å². The normalized spacial score (nSPS) is 17.7. The summed E-state index contributed by atoms with van der Waals surface area (Å²) >= 11 is 0. The predicted molar refractivity (Wildman–Crippen MR) is 75.8 cm³/mol. The van der Waals surface area contributed by atoms with E-state index in [1.54, 1.807) is 12.1 Å². The molecule has 1 fully saturated rings. The van der Waals surface area contributed by atoms with Crippen LogP contribution in [0, 0.1) is 0 Å². The number of anilines is 1. The molecular weight excluding hydrogens is 240 g/mol. The number of aromatic carboxylic acids is 1. The third-order valence-electron chi connectivity index (χ3n) is 3.73. The first-order valence-electron chi connectivity index (χ1n) is 6.74. The van der Waals surface area contributed by atoms with Crippen molar-refractivity contribution in [1.82, 2.24) is 4.98 Å². The molecule has 0 saturated heterocycles. The molecule has 0 amide bonds. The Labute approximate surface area is 114 Å². The van der Waals surface area contributed by atoms with Gasteiger partial charge in [0.15, 0.2) is 0 Å². The number of nitrogens with zero attached hydrogens (tertiary/aromatic N) is 1. The summed E-state index contributed by atoms with van der Waals surface area (Å²) in [6.45, 7) is 8.27. The number of rotatable bonds is 3. The fraction of sp³-hybridized carbons (Fsp3) is 0.600. The topological polar surface area (TPSA) is 62.2 Å². The summed E-state index contributed by atoms with van der Waals surface area (Å²) in [4.78, 5) is 15.8. The summed E-state index contributed by atoms with van der Waals surface area (Å²) in [6, 6.07) is 3.29. The Morgan fingerprint density at radius 2 is 2.00 bits per heavy atom. The standard InChI is InChI=1S/C15H22N2O2/c1-14(2,3)11-8-10(13(18)19)9-12(16-11)17-15(4)6-5-7-15/h8-9H,5-7H2,1-4H3,(H,16,17)(H,18,19). The number of carboxylic acids is 1. The average Bonchev–Trinajstić information content (AvgIpc) is 2.25. The smallest absolute Gasteiger partial charge is 0.335 e. The molecule has 1 aromatic heterocycles. The van der Waals surface area contributed by atoms with Gasteiger partial charge in [-0.25, -0.2) is 9.78 Å². The molecule has 1 heterocycles. The van der Waals surface area contributed by atoms with E-state index in [0.29, 0.717) is 11.4 Å². The van der Waals surface area contributed by atoms with Crippen molar-refractivity contribution < 1.29 is 9.90 Å². The number of hydrogen-bond acceptors (Lipinski definition) is 3. The van der Waals surface area contributed by atoms with Crippen molar-refractivity contribution in [3.8, 4) is 0 Å². The van der Waals surface area contributed by atoms with Crippen molar-refractivity contribution in [3.05, 3.63) is 23.4 Å². The van der Waals surface area contributed by atoms with Crippen molar-refractivity contribution in [2.45, 2.75) is 57.9 Å². The van der Waals surface area contributed by atoms with E-state index in [9.17, 15) is 9.90 Å². The number of hydrogen-bond donors (Lipinski definition) is 2. The molecule has 1 saturated carbocycles. The van der Waals surface area contributed by atoms with Gasteiger partial charge >= 0.3 is 5.97 Å². The van der Waals surface area contributed by atoms with Gasteiger partial charge < -0.3 is 10.4 Å². The lowest BCUT2D eigenvalue weighted by molar-refractivity contribution is 0.0696. The molecule has 2 N–H and O–H groups in total. The monoisotopic (exact) mass is 262 g/mol. The highest BCUT2D eigenvalue weighted by Gasteiger charge is 2.32. The fourth-order valence-corrected chi connectivity index (χ4v) is 2.24. The SMILES string of the molecule is CC1(Nc2cc(C(=O)O)cc(C(C)(C)C)n2)CCC1. The number of carboxylic acid groups (broad SMARTS) is 1. The molecule has 0 aliphatic heterocycles. The molecule has 104 valence electrons. The second-order valence-corrected chi connectivity index (χ2v) is 6.72. The maximum Gasteiger partial charge on any atom is 0.335 e. The molecule has 19 heavy (non-hydrogen) atoms. The Bertz CT molecular complexity index is 499. The Balaban J connectivity index is 2.37. The molecular formula is C15H22N2O2. The third kappa shape index (κ3) is 3.06. The van der Waals surface area contributed by atoms with E-state index in [1.807, 2.05) is 20.8 Å². The van der Waals surface area contributed by atoms with Crippen molar-refractivity contribution >= 4 is 11.8 Å². The van der Waals surface area contributed by atoms with Crippen LogP contribution in [-0.4, -0.2) is 21.6 Å². The van der Waals surface area contributed by atoms with E-state index in [1.165, 1.54) is 6.42 Å². The third-order valence-corrected chi connectivity index (χ3v) is 3.73. The molecule has 0 aromatic carbocycles. The zero-order valence-electron chi connectivity index (χ0n) is 12.1. The number of carbonyl (C=O) groups is 1. The maximum absolute atomic E-state index is 11.2. The average molecular weight is 262 g/mol. The summed E-state index contributed by atoms with van der Waals surface area (Å²) in [7, 11) is 0. The number of pyridine rings is 1. The van der Waals surface area contributed by atoms with E-state index in [0.717, 1.165) is 18.5 Å². The van der Waals surface area contributed by atoms with E-state index < -0.39 is 5.97 Å². The van der Waals surface area contributed by atoms with Gasteiger partial charge in [-0.3, -0.25) is 0 Å². The lowest BCUT2D eigenvalue weighted by Crippen LogP contribution is -2.42. The van der Waals surface area contributed by atoms with Crippen molar-refractivity contribution in [2.75, 3.05) is 5.32 Å². The first-order valence-corrected chi connectivity index (χ1v) is 6.74. The second-order valence-electron chi connectivity index (χ2n) is 6.72. The summed E-state index contributed by atoms with van der Waals surface area (Å²) in [5, 5.41) is 12.6. The molecule has 1 aliphatic carbocycles. The minimum Gasteiger partial charge on any atom is -0.478 e. The molecule has 1 aliphatic rings. The first-order chi connectivity index (χ1) is 8.70. The van der Waals surface area contributed by atoms with E-state index in [2.05, 4.69) is 17.2 Å². The summed E-state index contributed by atoms with van der Waals surface area (Å²) < 4.78 is 0. The quantitative estimate of drug-likeness (QED) is 0.876. The molecule has 4 heteroatoms. The van der Waals surface area contributed by atoms with Crippen molar-refractivity contribution in [3.63, 3.8) is 0 Å². The molecule has 0 spiro atoms. The van der Waals surface area contributed by atoms with Gasteiger partial charge in [-0.2, -0.15) is 0 Å². The zero-order valence-corrected chi connectivity index (χ0v) is 12.1. The van der Waals surface area contributed by atoms with Crippen LogP contribution < -0.4 is 5.32 Å². The van der Waals surface area contributed by atoms with E-state index >= 15 is 0 Å². The number of nitrogens with one attached hydrogen (secondary N) is 1. The van der Waals surface area contributed by atoms with Crippen LogP contribution >= 0.6 is 0 Å². The molecule has 1 aromatic rings. The van der Waals surface area contributed by atoms with Crippen LogP contribution in [0.1, 0.15) is 63.0 Å². The Morgan fingerprint density at radius 1 is 1.37 bits per heavy atom. The summed E-state index contributed by atoms with van der Waals surface area (Å²) in [5.74, 6) is -0.235. The lowest BCUT2D eigenvalue weighted by Gasteiger charge is -2.40. The Kier molecular flexibility index (Phi) is 3.29. The molecule has 0 radical (unpaired) electrons. The van der Waals surface area contributed by atoms with Gasteiger partial charge in [0.2, 0.25) is 0 Å². The number of aromatic nitrogens is 1. The molecule has 2 rings (SSSR count). The molecule has 0 bridgehead atoms. The fourth-order valence-electron chi connectivity index (χ4n) is 2.24. The second kappa shape index (κ2) is 4.51. The van der Waals surface area contributed by atoms with Crippen LogP contribution in [0.15, 0.2) is 12.1 Å². The molecule has 0 atom stereocenters. The highest BCUT2D eigenvalue weighted by molar-refractivity contribution is 5.88. The Morgan fingerprint density at radius 3 is 2.42 bits per heavy atom. The Hall–Kier alpha value is -1.58.